The maximum atomic E-state index is 9.22. The zero-order chi connectivity index (χ0) is 12.4. The molecule has 88 valence electrons. The lowest BCUT2D eigenvalue weighted by atomic mass is 10.1. The molecule has 0 fully saturated rings. The molecule has 0 radical (unpaired) electrons. The van der Waals surface area contributed by atoms with Crippen LogP contribution in [0.2, 0.25) is 10.0 Å². The molecule has 0 aliphatic rings. The third-order valence-corrected chi connectivity index (χ3v) is 3.14. The van der Waals surface area contributed by atoms with Gasteiger partial charge in [0.15, 0.2) is 0 Å². The van der Waals surface area contributed by atoms with Crippen LogP contribution >= 0.6 is 23.2 Å². The van der Waals surface area contributed by atoms with Crippen LogP contribution in [0.1, 0.15) is 11.1 Å². The molecule has 0 aliphatic carbocycles. The highest BCUT2D eigenvalue weighted by molar-refractivity contribution is 6.36. The van der Waals surface area contributed by atoms with Crippen molar-refractivity contribution < 1.29 is 5.11 Å². The predicted molar refractivity (Wildman–Crippen MR) is 70.4 cm³/mol. The number of nitrogens with zero attached hydrogens (tertiary/aromatic N) is 1. The second-order valence-corrected chi connectivity index (χ2v) is 4.62. The summed E-state index contributed by atoms with van der Waals surface area (Å²) in [5, 5.41) is 10.4. The SMILES string of the molecule is Cc1cnc(-c2ccc(Cl)cc2Cl)cc1CO. The number of pyridine rings is 1. The van der Waals surface area contributed by atoms with E-state index in [0.717, 1.165) is 22.4 Å². The van der Waals surface area contributed by atoms with Crippen molar-refractivity contribution in [3.05, 3.63) is 51.6 Å². The minimum Gasteiger partial charge on any atom is -0.392 e. The van der Waals surface area contributed by atoms with Crippen LogP contribution in [0.15, 0.2) is 30.5 Å². The first-order valence-electron chi connectivity index (χ1n) is 5.13. The van der Waals surface area contributed by atoms with Gasteiger partial charge >= 0.3 is 0 Å². The summed E-state index contributed by atoms with van der Waals surface area (Å²) in [6.45, 7) is 1.90. The Balaban J connectivity index is 2.53. The van der Waals surface area contributed by atoms with Crippen molar-refractivity contribution in [2.45, 2.75) is 13.5 Å². The van der Waals surface area contributed by atoms with Crippen molar-refractivity contribution in [1.82, 2.24) is 4.98 Å². The Morgan fingerprint density at radius 1 is 1.24 bits per heavy atom. The maximum Gasteiger partial charge on any atom is 0.0720 e. The lowest BCUT2D eigenvalue weighted by molar-refractivity contribution is 0.281. The lowest BCUT2D eigenvalue weighted by Gasteiger charge is -2.07. The van der Waals surface area contributed by atoms with Crippen molar-refractivity contribution in [3.8, 4) is 11.3 Å². The van der Waals surface area contributed by atoms with E-state index in [1.54, 1.807) is 18.3 Å². The summed E-state index contributed by atoms with van der Waals surface area (Å²) in [5.41, 5.74) is 3.36. The Kier molecular flexibility index (Phi) is 3.67. The molecule has 0 bridgehead atoms. The Bertz CT molecular complexity index is 555. The largest absolute Gasteiger partial charge is 0.392 e. The summed E-state index contributed by atoms with van der Waals surface area (Å²) >= 11 is 12.0. The Labute approximate surface area is 110 Å². The highest BCUT2D eigenvalue weighted by Gasteiger charge is 2.07. The second-order valence-electron chi connectivity index (χ2n) is 3.78. The quantitative estimate of drug-likeness (QED) is 0.897. The Hall–Kier alpha value is -1.09. The highest BCUT2D eigenvalue weighted by atomic mass is 35.5. The first kappa shape index (κ1) is 12.4. The fourth-order valence-electron chi connectivity index (χ4n) is 1.58. The first-order valence-corrected chi connectivity index (χ1v) is 5.89. The van der Waals surface area contributed by atoms with Gasteiger partial charge in [-0.05, 0) is 42.3 Å². The molecule has 0 unspecified atom stereocenters. The van der Waals surface area contributed by atoms with Crippen LogP contribution in [-0.4, -0.2) is 10.1 Å². The van der Waals surface area contributed by atoms with Gasteiger partial charge in [-0.25, -0.2) is 0 Å². The van der Waals surface area contributed by atoms with Gasteiger partial charge < -0.3 is 5.11 Å². The van der Waals surface area contributed by atoms with Crippen molar-refractivity contribution in [2.24, 2.45) is 0 Å². The number of hydrogen-bond acceptors (Lipinski definition) is 2. The third kappa shape index (κ3) is 2.60. The molecular weight excluding hydrogens is 257 g/mol. The number of rotatable bonds is 2. The van der Waals surface area contributed by atoms with Crippen LogP contribution in [0.25, 0.3) is 11.3 Å². The molecule has 1 N–H and O–H groups in total. The number of aryl methyl sites for hydroxylation is 1. The molecule has 0 saturated heterocycles. The molecule has 0 spiro atoms. The molecule has 17 heavy (non-hydrogen) atoms. The summed E-state index contributed by atoms with van der Waals surface area (Å²) in [5.74, 6) is 0. The van der Waals surface area contributed by atoms with Crippen LogP contribution in [0, 0.1) is 6.92 Å². The monoisotopic (exact) mass is 267 g/mol. The summed E-state index contributed by atoms with van der Waals surface area (Å²) in [4.78, 5) is 4.31. The molecule has 0 saturated carbocycles. The van der Waals surface area contributed by atoms with Crippen molar-refractivity contribution in [1.29, 1.82) is 0 Å². The van der Waals surface area contributed by atoms with Crippen LogP contribution in [0.5, 0.6) is 0 Å². The summed E-state index contributed by atoms with van der Waals surface area (Å²) in [6.07, 6.45) is 1.73. The van der Waals surface area contributed by atoms with Crippen molar-refractivity contribution in [2.75, 3.05) is 0 Å². The summed E-state index contributed by atoms with van der Waals surface area (Å²) < 4.78 is 0. The fourth-order valence-corrected chi connectivity index (χ4v) is 2.09. The first-order chi connectivity index (χ1) is 8.11. The maximum absolute atomic E-state index is 9.22. The second kappa shape index (κ2) is 5.05. The predicted octanol–water partition coefficient (Wildman–Crippen LogP) is 3.86. The van der Waals surface area contributed by atoms with E-state index in [0.29, 0.717) is 10.0 Å². The van der Waals surface area contributed by atoms with E-state index in [1.807, 2.05) is 19.1 Å². The molecule has 1 aromatic heterocycles. The van der Waals surface area contributed by atoms with Crippen LogP contribution in [0.3, 0.4) is 0 Å². The molecule has 0 atom stereocenters. The van der Waals surface area contributed by atoms with E-state index in [-0.39, 0.29) is 6.61 Å². The smallest absolute Gasteiger partial charge is 0.0720 e. The van der Waals surface area contributed by atoms with Crippen LogP contribution < -0.4 is 0 Å². The molecule has 2 aromatic rings. The van der Waals surface area contributed by atoms with Gasteiger partial charge in [-0.3, -0.25) is 4.98 Å². The van der Waals surface area contributed by atoms with Gasteiger partial charge in [-0.1, -0.05) is 23.2 Å². The number of aliphatic hydroxyl groups excluding tert-OH is 1. The van der Waals surface area contributed by atoms with Crippen molar-refractivity contribution >= 4 is 23.2 Å². The van der Waals surface area contributed by atoms with E-state index in [9.17, 15) is 5.11 Å². The number of halogens is 2. The van der Waals surface area contributed by atoms with Gasteiger partial charge in [0.25, 0.3) is 0 Å². The molecule has 2 rings (SSSR count). The van der Waals surface area contributed by atoms with Gasteiger partial charge in [0, 0.05) is 16.8 Å². The highest BCUT2D eigenvalue weighted by Crippen LogP contribution is 2.29. The van der Waals surface area contributed by atoms with Gasteiger partial charge in [0.2, 0.25) is 0 Å². The van der Waals surface area contributed by atoms with E-state index >= 15 is 0 Å². The number of aromatic nitrogens is 1. The van der Waals surface area contributed by atoms with Gasteiger partial charge in [0.05, 0.1) is 17.3 Å². The number of benzene rings is 1. The average molecular weight is 268 g/mol. The van der Waals surface area contributed by atoms with E-state index in [1.165, 1.54) is 0 Å². The minimum absolute atomic E-state index is 0.00738. The minimum atomic E-state index is -0.00738. The Morgan fingerprint density at radius 3 is 2.65 bits per heavy atom. The molecule has 0 amide bonds. The molecule has 4 heteroatoms. The lowest BCUT2D eigenvalue weighted by Crippen LogP contribution is -1.93. The van der Waals surface area contributed by atoms with E-state index in [2.05, 4.69) is 4.98 Å². The molecule has 2 nitrogen and oxygen atoms in total. The van der Waals surface area contributed by atoms with Crippen LogP contribution in [-0.2, 0) is 6.61 Å². The third-order valence-electron chi connectivity index (χ3n) is 2.59. The number of aliphatic hydroxyl groups is 1. The van der Waals surface area contributed by atoms with Crippen molar-refractivity contribution in [3.63, 3.8) is 0 Å². The van der Waals surface area contributed by atoms with E-state index < -0.39 is 0 Å². The van der Waals surface area contributed by atoms with E-state index in [4.69, 9.17) is 23.2 Å². The standard InChI is InChI=1S/C13H11Cl2NO/c1-8-6-16-13(4-9(8)7-17)11-3-2-10(14)5-12(11)15/h2-6,17H,7H2,1H3. The average Bonchev–Trinajstić information content (AvgIpc) is 2.30. The zero-order valence-electron chi connectivity index (χ0n) is 9.24. The molecule has 0 aliphatic heterocycles. The zero-order valence-corrected chi connectivity index (χ0v) is 10.8. The van der Waals surface area contributed by atoms with Gasteiger partial charge in [0.1, 0.15) is 0 Å². The molecule has 1 aromatic carbocycles. The summed E-state index contributed by atoms with van der Waals surface area (Å²) in [6, 6.07) is 7.11. The Morgan fingerprint density at radius 2 is 2.00 bits per heavy atom. The molecule has 1 heterocycles. The van der Waals surface area contributed by atoms with Gasteiger partial charge in [-0.15, -0.1) is 0 Å². The topological polar surface area (TPSA) is 33.1 Å². The van der Waals surface area contributed by atoms with Crippen LogP contribution in [0.4, 0.5) is 0 Å². The normalized spacial score (nSPS) is 10.6. The van der Waals surface area contributed by atoms with Gasteiger partial charge in [-0.2, -0.15) is 0 Å². The fraction of sp³-hybridized carbons (Fsp3) is 0.154. The molecular formula is C13H11Cl2NO. The summed E-state index contributed by atoms with van der Waals surface area (Å²) in [7, 11) is 0. The number of hydrogen-bond donors (Lipinski definition) is 1.